The van der Waals surface area contributed by atoms with E-state index in [0.717, 1.165) is 5.56 Å². The van der Waals surface area contributed by atoms with Crippen molar-refractivity contribution in [2.24, 2.45) is 0 Å². The summed E-state index contributed by atoms with van der Waals surface area (Å²) in [7, 11) is 1.60. The summed E-state index contributed by atoms with van der Waals surface area (Å²) in [5.41, 5.74) is 2.04. The Kier molecular flexibility index (Phi) is 5.87. The number of anilines is 1. The number of rotatable bonds is 7. The van der Waals surface area contributed by atoms with Crippen LogP contribution in [0, 0.1) is 0 Å². The lowest BCUT2D eigenvalue weighted by molar-refractivity contribution is -0.113. The Labute approximate surface area is 160 Å². The number of ketones is 1. The monoisotopic (exact) mass is 382 g/mol. The van der Waals surface area contributed by atoms with E-state index in [1.807, 2.05) is 24.3 Å². The number of para-hydroxylation sites is 1. The summed E-state index contributed by atoms with van der Waals surface area (Å²) in [6.45, 7) is 1.50. The first kappa shape index (κ1) is 18.7. The molecule has 0 fully saturated rings. The smallest absolute Gasteiger partial charge is 0.234 e. The second-order valence-corrected chi connectivity index (χ2v) is 6.58. The zero-order valence-corrected chi connectivity index (χ0v) is 15.7. The van der Waals surface area contributed by atoms with Crippen molar-refractivity contribution in [3.63, 3.8) is 0 Å². The molecule has 0 bridgehead atoms. The molecule has 3 aromatic rings. The van der Waals surface area contributed by atoms with Gasteiger partial charge in [0.15, 0.2) is 11.6 Å². The van der Waals surface area contributed by atoms with Gasteiger partial charge < -0.3 is 10.1 Å². The topological polar surface area (TPSA) is 97.0 Å². The second kappa shape index (κ2) is 8.50. The molecule has 0 aliphatic heterocycles. The van der Waals surface area contributed by atoms with Crippen molar-refractivity contribution in [3.05, 3.63) is 54.1 Å². The number of benzene rings is 2. The fourth-order valence-corrected chi connectivity index (χ4v) is 2.99. The van der Waals surface area contributed by atoms with Gasteiger partial charge in [0.1, 0.15) is 5.75 Å². The largest absolute Gasteiger partial charge is 0.496 e. The second-order valence-electron chi connectivity index (χ2n) is 5.64. The molecule has 0 unspecified atom stereocenters. The first-order chi connectivity index (χ1) is 13.1. The molecule has 0 atom stereocenters. The van der Waals surface area contributed by atoms with Crippen molar-refractivity contribution in [1.82, 2.24) is 15.2 Å². The average molecular weight is 382 g/mol. The van der Waals surface area contributed by atoms with Gasteiger partial charge in [0, 0.05) is 11.3 Å². The van der Waals surface area contributed by atoms with Crippen LogP contribution in [0.5, 0.6) is 5.75 Å². The first-order valence-corrected chi connectivity index (χ1v) is 9.15. The van der Waals surface area contributed by atoms with Crippen molar-refractivity contribution in [2.45, 2.75) is 12.1 Å². The first-order valence-electron chi connectivity index (χ1n) is 8.16. The number of Topliss-reactive ketones (excluding diaryl/α,β-unsaturated/α-hetero) is 1. The van der Waals surface area contributed by atoms with Gasteiger partial charge >= 0.3 is 0 Å². The number of carbonyl (C=O) groups is 2. The Hall–Kier alpha value is -3.13. The highest BCUT2D eigenvalue weighted by Gasteiger charge is 2.12. The summed E-state index contributed by atoms with van der Waals surface area (Å²) < 4.78 is 5.32. The number of nitrogens with zero attached hydrogens (tertiary/aromatic N) is 2. The number of amides is 1. The van der Waals surface area contributed by atoms with E-state index in [0.29, 0.717) is 28.0 Å². The van der Waals surface area contributed by atoms with E-state index in [4.69, 9.17) is 4.74 Å². The molecule has 0 aliphatic carbocycles. The van der Waals surface area contributed by atoms with Crippen LogP contribution in [-0.4, -0.2) is 39.7 Å². The molecule has 1 amide bonds. The Morgan fingerprint density at radius 2 is 1.89 bits per heavy atom. The molecule has 0 aliphatic rings. The van der Waals surface area contributed by atoms with Gasteiger partial charge in [-0.2, -0.15) is 0 Å². The van der Waals surface area contributed by atoms with E-state index < -0.39 is 0 Å². The van der Waals surface area contributed by atoms with Crippen molar-refractivity contribution < 1.29 is 14.3 Å². The van der Waals surface area contributed by atoms with Crippen LogP contribution in [-0.2, 0) is 4.79 Å². The number of H-pyrrole nitrogens is 1. The molecular weight excluding hydrogens is 364 g/mol. The summed E-state index contributed by atoms with van der Waals surface area (Å²) in [4.78, 5) is 27.8. The minimum absolute atomic E-state index is 0.0149. The molecule has 0 radical (unpaired) electrons. The number of aromatic amines is 1. The van der Waals surface area contributed by atoms with Gasteiger partial charge in [-0.05, 0) is 43.3 Å². The van der Waals surface area contributed by atoms with Crippen molar-refractivity contribution in [2.75, 3.05) is 18.2 Å². The van der Waals surface area contributed by atoms with E-state index in [1.165, 1.54) is 18.7 Å². The predicted molar refractivity (Wildman–Crippen MR) is 104 cm³/mol. The van der Waals surface area contributed by atoms with Crippen LogP contribution in [0.25, 0.3) is 11.4 Å². The highest BCUT2D eigenvalue weighted by atomic mass is 32.2. The predicted octanol–water partition coefficient (Wildman–Crippen LogP) is 3.41. The third-order valence-corrected chi connectivity index (χ3v) is 4.58. The number of aromatic nitrogens is 3. The molecule has 2 N–H and O–H groups in total. The van der Waals surface area contributed by atoms with Gasteiger partial charge in [0.05, 0.1) is 18.4 Å². The molecule has 0 saturated heterocycles. The standard InChI is InChI=1S/C19H18N4O3S/c1-12(24)13-7-9-14(10-8-13)20-17(25)11-27-19-21-18(22-23-19)15-5-3-4-6-16(15)26-2/h3-10H,11H2,1-2H3,(H,20,25)(H,21,22,23). The molecule has 0 saturated carbocycles. The van der Waals surface area contributed by atoms with Crippen LogP contribution < -0.4 is 10.1 Å². The van der Waals surface area contributed by atoms with Gasteiger partial charge in [0.2, 0.25) is 11.1 Å². The average Bonchev–Trinajstić information content (AvgIpc) is 3.15. The fraction of sp³-hybridized carbons (Fsp3) is 0.158. The van der Waals surface area contributed by atoms with E-state index in [-0.39, 0.29) is 17.4 Å². The lowest BCUT2D eigenvalue weighted by Gasteiger charge is -2.05. The molecule has 1 aromatic heterocycles. The van der Waals surface area contributed by atoms with E-state index in [2.05, 4.69) is 20.5 Å². The minimum Gasteiger partial charge on any atom is -0.496 e. The number of hydrogen-bond acceptors (Lipinski definition) is 6. The van der Waals surface area contributed by atoms with Gasteiger partial charge in [-0.3, -0.25) is 14.7 Å². The third kappa shape index (κ3) is 4.73. The Morgan fingerprint density at radius 1 is 1.15 bits per heavy atom. The van der Waals surface area contributed by atoms with Crippen LogP contribution >= 0.6 is 11.8 Å². The molecule has 138 valence electrons. The molecule has 3 rings (SSSR count). The number of methoxy groups -OCH3 is 1. The van der Waals surface area contributed by atoms with E-state index >= 15 is 0 Å². The summed E-state index contributed by atoms with van der Waals surface area (Å²) in [6.07, 6.45) is 0. The van der Waals surface area contributed by atoms with Crippen molar-refractivity contribution >= 4 is 29.1 Å². The van der Waals surface area contributed by atoms with Crippen LogP contribution in [0.3, 0.4) is 0 Å². The Balaban J connectivity index is 1.58. The number of ether oxygens (including phenoxy) is 1. The fourth-order valence-electron chi connectivity index (χ4n) is 2.39. The van der Waals surface area contributed by atoms with Crippen molar-refractivity contribution in [1.29, 1.82) is 0 Å². The third-order valence-electron chi connectivity index (χ3n) is 3.73. The lowest BCUT2D eigenvalue weighted by Crippen LogP contribution is -2.14. The van der Waals surface area contributed by atoms with E-state index in [9.17, 15) is 9.59 Å². The molecular formula is C19H18N4O3S. The van der Waals surface area contributed by atoms with Gasteiger partial charge in [-0.15, -0.1) is 5.10 Å². The van der Waals surface area contributed by atoms with Crippen LogP contribution in [0.1, 0.15) is 17.3 Å². The maximum atomic E-state index is 12.1. The number of hydrogen-bond donors (Lipinski definition) is 2. The highest BCUT2D eigenvalue weighted by Crippen LogP contribution is 2.27. The van der Waals surface area contributed by atoms with Crippen LogP contribution in [0.4, 0.5) is 5.69 Å². The minimum atomic E-state index is -0.181. The van der Waals surface area contributed by atoms with E-state index in [1.54, 1.807) is 31.4 Å². The van der Waals surface area contributed by atoms with Crippen molar-refractivity contribution in [3.8, 4) is 17.1 Å². The maximum Gasteiger partial charge on any atom is 0.234 e. The normalized spacial score (nSPS) is 10.4. The zero-order chi connectivity index (χ0) is 19.2. The SMILES string of the molecule is COc1ccccc1-c1nc(SCC(=O)Nc2ccc(C(C)=O)cc2)n[nH]1. The Morgan fingerprint density at radius 3 is 2.59 bits per heavy atom. The zero-order valence-electron chi connectivity index (χ0n) is 14.9. The highest BCUT2D eigenvalue weighted by molar-refractivity contribution is 7.99. The summed E-state index contributed by atoms with van der Waals surface area (Å²) in [5.74, 6) is 1.24. The quantitative estimate of drug-likeness (QED) is 0.480. The molecule has 27 heavy (non-hydrogen) atoms. The van der Waals surface area contributed by atoms with Crippen LogP contribution in [0.2, 0.25) is 0 Å². The van der Waals surface area contributed by atoms with Gasteiger partial charge in [-0.1, -0.05) is 23.9 Å². The Bertz CT molecular complexity index is 954. The summed E-state index contributed by atoms with van der Waals surface area (Å²) in [6, 6.07) is 14.2. The molecule has 2 aromatic carbocycles. The molecule has 7 nitrogen and oxygen atoms in total. The van der Waals surface area contributed by atoms with Gasteiger partial charge in [-0.25, -0.2) is 4.98 Å². The number of nitrogens with one attached hydrogen (secondary N) is 2. The van der Waals surface area contributed by atoms with Crippen LogP contribution in [0.15, 0.2) is 53.7 Å². The number of thioether (sulfide) groups is 1. The molecule has 8 heteroatoms. The molecule has 0 spiro atoms. The van der Waals surface area contributed by atoms with Gasteiger partial charge in [0.25, 0.3) is 0 Å². The molecule has 1 heterocycles. The number of carbonyl (C=O) groups excluding carboxylic acids is 2. The summed E-state index contributed by atoms with van der Waals surface area (Å²) >= 11 is 1.22. The maximum absolute atomic E-state index is 12.1. The lowest BCUT2D eigenvalue weighted by atomic mass is 10.1. The summed E-state index contributed by atoms with van der Waals surface area (Å²) in [5, 5.41) is 10.2.